The molecule has 7 heteroatoms. The minimum absolute atomic E-state index is 0.0309. The number of carbonyl (C=O) groups is 1. The van der Waals surface area contributed by atoms with E-state index in [0.29, 0.717) is 18.9 Å². The van der Waals surface area contributed by atoms with Crippen molar-refractivity contribution in [3.63, 3.8) is 0 Å². The summed E-state index contributed by atoms with van der Waals surface area (Å²) in [6.07, 6.45) is 1.89. The number of non-ortho nitro benzene ring substituents is 1. The van der Waals surface area contributed by atoms with Gasteiger partial charge >= 0.3 is 6.03 Å². The molecule has 1 heterocycles. The zero-order chi connectivity index (χ0) is 17.3. The van der Waals surface area contributed by atoms with Gasteiger partial charge in [-0.05, 0) is 18.4 Å². The lowest BCUT2D eigenvalue weighted by molar-refractivity contribution is -0.384. The molecule has 1 aliphatic heterocycles. The van der Waals surface area contributed by atoms with E-state index in [9.17, 15) is 14.9 Å². The SMILES string of the molecule is CC1(C)C(NC(=O)NCCc2ccc([N+](=O)[O-])cc2)C2CCOC21. The van der Waals surface area contributed by atoms with Crippen LogP contribution in [0.4, 0.5) is 10.5 Å². The topological polar surface area (TPSA) is 93.5 Å². The van der Waals surface area contributed by atoms with Gasteiger partial charge in [-0.25, -0.2) is 4.79 Å². The number of fused-ring (bicyclic) bond motifs is 1. The summed E-state index contributed by atoms with van der Waals surface area (Å²) in [5, 5.41) is 16.5. The standard InChI is InChI=1S/C17H23N3O4/c1-17(2)14(13-8-10-24-15(13)17)19-16(21)18-9-7-11-3-5-12(6-4-11)20(22)23/h3-6,13-15H,7-10H2,1-2H3,(H2,18,19,21). The predicted molar refractivity (Wildman–Crippen MR) is 88.8 cm³/mol. The summed E-state index contributed by atoms with van der Waals surface area (Å²) < 4.78 is 5.72. The van der Waals surface area contributed by atoms with Crippen molar-refractivity contribution < 1.29 is 14.5 Å². The summed E-state index contributed by atoms with van der Waals surface area (Å²) >= 11 is 0. The molecule has 2 aliphatic rings. The van der Waals surface area contributed by atoms with E-state index in [-0.39, 0.29) is 29.3 Å². The third-order valence-electron chi connectivity index (χ3n) is 5.23. The highest BCUT2D eigenvalue weighted by molar-refractivity contribution is 5.74. The highest BCUT2D eigenvalue weighted by Gasteiger charge is 2.59. The minimum atomic E-state index is -0.421. The summed E-state index contributed by atoms with van der Waals surface area (Å²) in [4.78, 5) is 22.3. The molecule has 3 unspecified atom stereocenters. The molecule has 0 aromatic heterocycles. The lowest BCUT2D eigenvalue weighted by Crippen LogP contribution is -2.67. The Morgan fingerprint density at radius 2 is 2.08 bits per heavy atom. The quantitative estimate of drug-likeness (QED) is 0.638. The third-order valence-corrected chi connectivity index (χ3v) is 5.23. The first-order chi connectivity index (χ1) is 11.4. The van der Waals surface area contributed by atoms with Gasteiger partial charge in [-0.1, -0.05) is 26.0 Å². The maximum atomic E-state index is 12.1. The number of carbonyl (C=O) groups excluding carboxylic acids is 1. The molecule has 130 valence electrons. The van der Waals surface area contributed by atoms with Crippen LogP contribution >= 0.6 is 0 Å². The molecule has 2 fully saturated rings. The first kappa shape index (κ1) is 16.7. The maximum Gasteiger partial charge on any atom is 0.315 e. The Morgan fingerprint density at radius 3 is 2.75 bits per heavy atom. The van der Waals surface area contributed by atoms with Crippen molar-refractivity contribution >= 4 is 11.7 Å². The highest BCUT2D eigenvalue weighted by atomic mass is 16.6. The number of hydrogen-bond donors (Lipinski definition) is 2. The number of nitro benzene ring substituents is 1. The van der Waals surface area contributed by atoms with Crippen molar-refractivity contribution in [1.82, 2.24) is 10.6 Å². The molecule has 1 saturated heterocycles. The summed E-state index contributed by atoms with van der Waals surface area (Å²) in [6, 6.07) is 6.36. The Kier molecular flexibility index (Phi) is 4.45. The number of rotatable bonds is 5. The van der Waals surface area contributed by atoms with Crippen molar-refractivity contribution in [3.05, 3.63) is 39.9 Å². The number of urea groups is 1. The number of benzene rings is 1. The van der Waals surface area contributed by atoms with Gasteiger partial charge in [-0.15, -0.1) is 0 Å². The van der Waals surface area contributed by atoms with Crippen molar-refractivity contribution in [2.45, 2.75) is 38.8 Å². The second-order valence-corrected chi connectivity index (χ2v) is 7.12. The molecule has 1 saturated carbocycles. The minimum Gasteiger partial charge on any atom is -0.377 e. The van der Waals surface area contributed by atoms with Crippen molar-refractivity contribution in [1.29, 1.82) is 0 Å². The smallest absolute Gasteiger partial charge is 0.315 e. The Morgan fingerprint density at radius 1 is 1.38 bits per heavy atom. The third kappa shape index (κ3) is 3.08. The van der Waals surface area contributed by atoms with Gasteiger partial charge in [-0.3, -0.25) is 10.1 Å². The van der Waals surface area contributed by atoms with Crippen LogP contribution in [0.5, 0.6) is 0 Å². The van der Waals surface area contributed by atoms with Crippen molar-refractivity contribution in [3.8, 4) is 0 Å². The number of nitro groups is 1. The van der Waals surface area contributed by atoms with E-state index in [4.69, 9.17) is 4.74 Å². The van der Waals surface area contributed by atoms with Crippen LogP contribution in [-0.4, -0.2) is 36.3 Å². The predicted octanol–water partition coefficient (Wildman–Crippen LogP) is 2.25. The van der Waals surface area contributed by atoms with Crippen LogP contribution in [0.3, 0.4) is 0 Å². The molecule has 3 rings (SSSR count). The Labute approximate surface area is 140 Å². The fourth-order valence-electron chi connectivity index (χ4n) is 3.91. The normalized spacial score (nSPS) is 27.0. The van der Waals surface area contributed by atoms with Crippen molar-refractivity contribution in [2.24, 2.45) is 11.3 Å². The number of ether oxygens (including phenoxy) is 1. The van der Waals surface area contributed by atoms with Gasteiger partial charge in [0.05, 0.1) is 11.0 Å². The first-order valence-electron chi connectivity index (χ1n) is 8.29. The van der Waals surface area contributed by atoms with Gasteiger partial charge in [0, 0.05) is 42.7 Å². The second kappa shape index (κ2) is 6.39. The van der Waals surface area contributed by atoms with Gasteiger partial charge < -0.3 is 15.4 Å². The molecule has 1 aromatic rings. The average Bonchev–Trinajstić information content (AvgIpc) is 3.00. The monoisotopic (exact) mass is 333 g/mol. The molecule has 0 bridgehead atoms. The molecule has 1 aliphatic carbocycles. The van der Waals surface area contributed by atoms with Crippen LogP contribution in [0.15, 0.2) is 24.3 Å². The van der Waals surface area contributed by atoms with Crippen LogP contribution in [0.2, 0.25) is 0 Å². The molecular formula is C17H23N3O4. The number of hydrogen-bond acceptors (Lipinski definition) is 4. The molecule has 7 nitrogen and oxygen atoms in total. The molecule has 0 radical (unpaired) electrons. The summed E-state index contributed by atoms with van der Waals surface area (Å²) in [6.45, 7) is 5.52. The lowest BCUT2D eigenvalue weighted by Gasteiger charge is -2.54. The molecule has 1 aromatic carbocycles. The van der Waals surface area contributed by atoms with Gasteiger partial charge in [0.2, 0.25) is 0 Å². The van der Waals surface area contributed by atoms with Gasteiger partial charge in [-0.2, -0.15) is 0 Å². The van der Waals surface area contributed by atoms with Gasteiger partial charge in [0.25, 0.3) is 5.69 Å². The molecule has 2 amide bonds. The number of amides is 2. The number of nitrogens with zero attached hydrogens (tertiary/aromatic N) is 1. The van der Waals surface area contributed by atoms with Crippen molar-refractivity contribution in [2.75, 3.05) is 13.2 Å². The summed E-state index contributed by atoms with van der Waals surface area (Å²) in [5.41, 5.74) is 0.996. The van der Waals surface area contributed by atoms with E-state index < -0.39 is 4.92 Å². The fraction of sp³-hybridized carbons (Fsp3) is 0.588. The summed E-state index contributed by atoms with van der Waals surface area (Å²) in [7, 11) is 0. The molecule has 24 heavy (non-hydrogen) atoms. The Bertz CT molecular complexity index is 629. The fourth-order valence-corrected chi connectivity index (χ4v) is 3.91. The van der Waals surface area contributed by atoms with Crippen LogP contribution in [-0.2, 0) is 11.2 Å². The molecule has 2 N–H and O–H groups in total. The van der Waals surface area contributed by atoms with Gasteiger partial charge in [0.15, 0.2) is 0 Å². The lowest BCUT2D eigenvalue weighted by atomic mass is 9.57. The van der Waals surface area contributed by atoms with E-state index in [1.54, 1.807) is 12.1 Å². The van der Waals surface area contributed by atoms with E-state index in [2.05, 4.69) is 24.5 Å². The van der Waals surface area contributed by atoms with Crippen LogP contribution < -0.4 is 10.6 Å². The Hall–Kier alpha value is -2.15. The number of nitrogens with one attached hydrogen (secondary N) is 2. The second-order valence-electron chi connectivity index (χ2n) is 7.12. The maximum absolute atomic E-state index is 12.1. The van der Waals surface area contributed by atoms with E-state index in [1.165, 1.54) is 12.1 Å². The molecule has 0 spiro atoms. The van der Waals surface area contributed by atoms with E-state index >= 15 is 0 Å². The highest BCUT2D eigenvalue weighted by Crippen LogP contribution is 2.51. The van der Waals surface area contributed by atoms with Gasteiger partial charge in [0.1, 0.15) is 0 Å². The first-order valence-corrected chi connectivity index (χ1v) is 8.29. The average molecular weight is 333 g/mol. The van der Waals surface area contributed by atoms with Crippen LogP contribution in [0, 0.1) is 21.4 Å². The van der Waals surface area contributed by atoms with E-state index in [1.807, 2.05) is 0 Å². The van der Waals surface area contributed by atoms with Crippen LogP contribution in [0.1, 0.15) is 25.8 Å². The van der Waals surface area contributed by atoms with Crippen LogP contribution in [0.25, 0.3) is 0 Å². The molecular weight excluding hydrogens is 310 g/mol. The zero-order valence-electron chi connectivity index (χ0n) is 14.0. The largest absolute Gasteiger partial charge is 0.377 e. The Balaban J connectivity index is 1.44. The van der Waals surface area contributed by atoms with E-state index in [0.717, 1.165) is 18.6 Å². The molecule has 3 atom stereocenters. The summed E-state index contributed by atoms with van der Waals surface area (Å²) in [5.74, 6) is 0.417. The zero-order valence-corrected chi connectivity index (χ0v) is 14.0.